The van der Waals surface area contributed by atoms with Gasteiger partial charge in [-0.2, -0.15) is 0 Å². The third-order valence-electron chi connectivity index (χ3n) is 6.39. The summed E-state index contributed by atoms with van der Waals surface area (Å²) >= 11 is 1.69. The van der Waals surface area contributed by atoms with E-state index in [1.807, 2.05) is 42.6 Å². The number of hydrogen-bond donors (Lipinski definition) is 4. The average Bonchev–Trinajstić information content (AvgIpc) is 3.64. The molecule has 4 N–H and O–H groups in total. The zero-order chi connectivity index (χ0) is 23.5. The van der Waals surface area contributed by atoms with Gasteiger partial charge in [-0.15, -0.1) is 11.3 Å². The van der Waals surface area contributed by atoms with E-state index in [0.29, 0.717) is 24.5 Å². The molecule has 176 valence electrons. The van der Waals surface area contributed by atoms with Crippen LogP contribution >= 0.6 is 11.3 Å². The highest BCUT2D eigenvalue weighted by atomic mass is 32.1. The molecule has 5 rings (SSSR count). The van der Waals surface area contributed by atoms with Crippen molar-refractivity contribution in [1.29, 1.82) is 0 Å². The molecule has 3 heterocycles. The first-order valence-corrected chi connectivity index (χ1v) is 12.2. The second kappa shape index (κ2) is 9.89. The van der Waals surface area contributed by atoms with E-state index in [4.69, 9.17) is 9.47 Å². The number of para-hydroxylation sites is 2. The molecule has 0 bridgehead atoms. The minimum Gasteiger partial charge on any atom is -0.493 e. The molecule has 1 saturated heterocycles. The van der Waals surface area contributed by atoms with Crippen molar-refractivity contribution >= 4 is 28.1 Å². The van der Waals surface area contributed by atoms with Crippen molar-refractivity contribution in [2.75, 3.05) is 20.8 Å². The third kappa shape index (κ3) is 4.27. The predicted octanol–water partition coefficient (Wildman–Crippen LogP) is 4.10. The highest BCUT2D eigenvalue weighted by Crippen LogP contribution is 2.40. The Balaban J connectivity index is 1.41. The first-order chi connectivity index (χ1) is 16.7. The Labute approximate surface area is 202 Å². The molecule has 2 aromatic carbocycles. The maximum atomic E-state index is 13.1. The average molecular weight is 477 g/mol. The highest BCUT2D eigenvalue weighted by molar-refractivity contribution is 7.10. The van der Waals surface area contributed by atoms with Crippen LogP contribution in [-0.4, -0.2) is 37.7 Å². The summed E-state index contributed by atoms with van der Waals surface area (Å²) < 4.78 is 11.3. The van der Waals surface area contributed by atoms with E-state index < -0.39 is 0 Å². The second-order valence-corrected chi connectivity index (χ2v) is 9.29. The number of carbonyl (C=O) groups excluding carboxylic acids is 1. The molecule has 1 amide bonds. The van der Waals surface area contributed by atoms with E-state index in [2.05, 4.69) is 44.7 Å². The highest BCUT2D eigenvalue weighted by Gasteiger charge is 2.31. The van der Waals surface area contributed by atoms with Crippen molar-refractivity contribution in [2.24, 2.45) is 0 Å². The van der Waals surface area contributed by atoms with Gasteiger partial charge in [0.05, 0.1) is 20.3 Å². The van der Waals surface area contributed by atoms with Crippen molar-refractivity contribution in [1.82, 2.24) is 21.2 Å². The first-order valence-electron chi connectivity index (χ1n) is 11.3. The lowest BCUT2D eigenvalue weighted by Crippen LogP contribution is -2.44. The standard InChI is InChI=1S/C26H28N4O3S/c1-32-23-10-5-8-17(25(23)33-2)19(18-14-27-20-9-4-3-7-16(18)20)15-28-26(31)22-13-21(29-30-22)24-11-6-12-34-24/h3-12,14,19,21-22,27,29-30H,13,15H2,1-2H3,(H,28,31). The Hall–Kier alpha value is -3.33. The lowest BCUT2D eigenvalue weighted by Gasteiger charge is -2.22. The number of nitrogens with one attached hydrogen (secondary N) is 4. The summed E-state index contributed by atoms with van der Waals surface area (Å²) in [5, 5.41) is 6.35. The lowest BCUT2D eigenvalue weighted by molar-refractivity contribution is -0.122. The van der Waals surface area contributed by atoms with Crippen LogP contribution in [0.25, 0.3) is 10.9 Å². The maximum absolute atomic E-state index is 13.1. The van der Waals surface area contributed by atoms with Crippen molar-refractivity contribution in [3.63, 3.8) is 0 Å². The number of rotatable bonds is 8. The van der Waals surface area contributed by atoms with Gasteiger partial charge in [0.1, 0.15) is 6.04 Å². The molecule has 2 aromatic heterocycles. The summed E-state index contributed by atoms with van der Waals surface area (Å²) in [5.74, 6) is 1.18. The molecule has 4 aromatic rings. The van der Waals surface area contributed by atoms with Crippen molar-refractivity contribution in [2.45, 2.75) is 24.4 Å². The molecule has 8 heteroatoms. The van der Waals surface area contributed by atoms with E-state index >= 15 is 0 Å². The van der Waals surface area contributed by atoms with Crippen LogP contribution in [0.1, 0.15) is 34.4 Å². The number of ether oxygens (including phenoxy) is 2. The largest absolute Gasteiger partial charge is 0.493 e. The van der Waals surface area contributed by atoms with Crippen LogP contribution in [0.15, 0.2) is 66.2 Å². The predicted molar refractivity (Wildman–Crippen MR) is 134 cm³/mol. The van der Waals surface area contributed by atoms with Crippen LogP contribution in [0.4, 0.5) is 0 Å². The van der Waals surface area contributed by atoms with Gasteiger partial charge in [0.25, 0.3) is 0 Å². The Kier molecular flexibility index (Phi) is 6.53. The van der Waals surface area contributed by atoms with Gasteiger partial charge in [-0.3, -0.25) is 4.79 Å². The van der Waals surface area contributed by atoms with E-state index in [-0.39, 0.29) is 23.9 Å². The zero-order valence-corrected chi connectivity index (χ0v) is 19.9. The van der Waals surface area contributed by atoms with Gasteiger partial charge >= 0.3 is 0 Å². The monoisotopic (exact) mass is 476 g/mol. The fourth-order valence-electron chi connectivity index (χ4n) is 4.69. The maximum Gasteiger partial charge on any atom is 0.238 e. The summed E-state index contributed by atoms with van der Waals surface area (Å²) in [6, 6.07) is 18.0. The van der Waals surface area contributed by atoms with Crippen molar-refractivity contribution < 1.29 is 14.3 Å². The number of methoxy groups -OCH3 is 2. The van der Waals surface area contributed by atoms with Crippen LogP contribution in [0.5, 0.6) is 11.5 Å². The van der Waals surface area contributed by atoms with Gasteiger partial charge in [0.15, 0.2) is 11.5 Å². The number of H-pyrrole nitrogens is 1. The number of thiophene rings is 1. The smallest absolute Gasteiger partial charge is 0.238 e. The molecular formula is C26H28N4O3S. The van der Waals surface area contributed by atoms with Crippen LogP contribution in [-0.2, 0) is 4.79 Å². The summed E-state index contributed by atoms with van der Waals surface area (Å²) in [4.78, 5) is 17.7. The summed E-state index contributed by atoms with van der Waals surface area (Å²) in [7, 11) is 3.28. The van der Waals surface area contributed by atoms with E-state index in [1.54, 1.807) is 25.6 Å². The van der Waals surface area contributed by atoms with E-state index in [1.165, 1.54) is 4.88 Å². The summed E-state index contributed by atoms with van der Waals surface area (Å²) in [5.41, 5.74) is 9.51. The Morgan fingerprint density at radius 2 is 1.94 bits per heavy atom. The molecule has 1 aliphatic rings. The van der Waals surface area contributed by atoms with E-state index in [9.17, 15) is 4.79 Å². The Morgan fingerprint density at radius 1 is 1.06 bits per heavy atom. The number of amides is 1. The number of aromatic amines is 1. The molecule has 1 aliphatic heterocycles. The molecule has 3 unspecified atom stereocenters. The van der Waals surface area contributed by atoms with Crippen molar-refractivity contribution in [3.8, 4) is 11.5 Å². The third-order valence-corrected chi connectivity index (χ3v) is 7.38. The number of carbonyl (C=O) groups is 1. The van der Waals surface area contributed by atoms with E-state index in [0.717, 1.165) is 22.0 Å². The SMILES string of the molecule is COc1cccc(C(CNC(=O)C2CC(c3cccs3)NN2)c2c[nH]c3ccccc23)c1OC. The van der Waals surface area contributed by atoms with Gasteiger partial charge < -0.3 is 19.8 Å². The molecule has 7 nitrogen and oxygen atoms in total. The van der Waals surface area contributed by atoms with Gasteiger partial charge in [0, 0.05) is 40.0 Å². The molecule has 0 aliphatic carbocycles. The fourth-order valence-corrected chi connectivity index (χ4v) is 5.48. The number of benzene rings is 2. The number of aromatic nitrogens is 1. The van der Waals surface area contributed by atoms with Gasteiger partial charge in [0.2, 0.25) is 5.91 Å². The summed E-state index contributed by atoms with van der Waals surface area (Å²) in [6.45, 7) is 0.423. The first kappa shape index (κ1) is 22.5. The molecular weight excluding hydrogens is 448 g/mol. The number of hydrazine groups is 1. The zero-order valence-electron chi connectivity index (χ0n) is 19.1. The van der Waals surface area contributed by atoms with Gasteiger partial charge in [-0.25, -0.2) is 10.9 Å². The normalized spacial score (nSPS) is 18.6. The minimum atomic E-state index is -0.303. The van der Waals surface area contributed by atoms with Gasteiger partial charge in [-0.1, -0.05) is 36.4 Å². The second-order valence-electron chi connectivity index (χ2n) is 8.32. The van der Waals surface area contributed by atoms with Crippen molar-refractivity contribution in [3.05, 3.63) is 82.2 Å². The lowest BCUT2D eigenvalue weighted by atomic mass is 9.89. The van der Waals surface area contributed by atoms with Crippen LogP contribution in [0.3, 0.4) is 0 Å². The van der Waals surface area contributed by atoms with Gasteiger partial charge in [-0.05, 0) is 35.6 Å². The topological polar surface area (TPSA) is 87.4 Å². The molecule has 1 fully saturated rings. The Bertz CT molecular complexity index is 1270. The Morgan fingerprint density at radius 3 is 2.74 bits per heavy atom. The van der Waals surface area contributed by atoms with Crippen LogP contribution in [0, 0.1) is 0 Å². The van der Waals surface area contributed by atoms with Crippen LogP contribution < -0.4 is 25.6 Å². The quantitative estimate of drug-likeness (QED) is 0.308. The summed E-state index contributed by atoms with van der Waals surface area (Å²) in [6.07, 6.45) is 2.72. The fraction of sp³-hybridized carbons (Fsp3) is 0.269. The molecule has 0 radical (unpaired) electrons. The minimum absolute atomic E-state index is 0.0294. The molecule has 0 spiro atoms. The molecule has 0 saturated carbocycles. The number of fused-ring (bicyclic) bond motifs is 1. The van der Waals surface area contributed by atoms with Crippen LogP contribution in [0.2, 0.25) is 0 Å². The molecule has 3 atom stereocenters. The number of hydrogen-bond acceptors (Lipinski definition) is 6. The molecule has 34 heavy (non-hydrogen) atoms.